The Labute approximate surface area is 116 Å². The highest BCUT2D eigenvalue weighted by molar-refractivity contribution is 7.92. The fraction of sp³-hybridized carbons (Fsp3) is 0.167. The maximum absolute atomic E-state index is 12.2. The molecule has 1 aromatic heterocycles. The Morgan fingerprint density at radius 3 is 2.35 bits per heavy atom. The molecule has 1 heterocycles. The van der Waals surface area contributed by atoms with E-state index in [2.05, 4.69) is 9.82 Å². The van der Waals surface area contributed by atoms with Gasteiger partial charge in [-0.25, -0.2) is 8.42 Å². The molecule has 8 heteroatoms. The fourth-order valence-corrected chi connectivity index (χ4v) is 2.92. The van der Waals surface area contributed by atoms with E-state index in [1.165, 1.54) is 35.1 Å². The van der Waals surface area contributed by atoms with Crippen LogP contribution in [0.25, 0.3) is 0 Å². The van der Waals surface area contributed by atoms with Crippen molar-refractivity contribution < 1.29 is 13.2 Å². The molecule has 2 aromatic rings. The Hall–Kier alpha value is -2.35. The van der Waals surface area contributed by atoms with Crippen LogP contribution in [0.5, 0.6) is 0 Å². The van der Waals surface area contributed by atoms with E-state index in [1.54, 1.807) is 14.0 Å². The number of aryl methyl sites for hydroxylation is 1. The number of sulfonamides is 1. The Bertz CT molecular complexity index is 748. The fourth-order valence-electron chi connectivity index (χ4n) is 1.66. The van der Waals surface area contributed by atoms with Crippen molar-refractivity contribution in [2.75, 3.05) is 4.72 Å². The summed E-state index contributed by atoms with van der Waals surface area (Å²) in [6.45, 7) is 1.66. The molecular formula is C12H14N4O3S. The standard InChI is InChI=1S/C12H14N4O3S/c1-8-11(7-14-16(8)2)20(18,19)15-10-5-3-9(4-6-10)12(13)17/h3-7,15H,1-2H3,(H2,13,17). The normalized spacial score (nSPS) is 11.3. The lowest BCUT2D eigenvalue weighted by molar-refractivity contribution is 0.100. The molecule has 2 rings (SSSR count). The van der Waals surface area contributed by atoms with Gasteiger partial charge in [-0.2, -0.15) is 5.10 Å². The van der Waals surface area contributed by atoms with Gasteiger partial charge in [0, 0.05) is 18.3 Å². The molecular weight excluding hydrogens is 280 g/mol. The first-order valence-electron chi connectivity index (χ1n) is 5.72. The minimum Gasteiger partial charge on any atom is -0.366 e. The number of rotatable bonds is 4. The number of aromatic nitrogens is 2. The Kier molecular flexibility index (Phi) is 3.49. The molecule has 0 aliphatic carbocycles. The van der Waals surface area contributed by atoms with Gasteiger partial charge in [-0.3, -0.25) is 14.2 Å². The number of amides is 1. The quantitative estimate of drug-likeness (QED) is 0.862. The van der Waals surface area contributed by atoms with Crippen LogP contribution in [0.1, 0.15) is 16.1 Å². The van der Waals surface area contributed by atoms with Crippen molar-refractivity contribution in [3.8, 4) is 0 Å². The van der Waals surface area contributed by atoms with Gasteiger partial charge in [0.15, 0.2) is 0 Å². The summed E-state index contributed by atoms with van der Waals surface area (Å²) in [6, 6.07) is 5.86. The van der Waals surface area contributed by atoms with Crippen LogP contribution in [0.15, 0.2) is 35.4 Å². The first kappa shape index (κ1) is 14.1. The van der Waals surface area contributed by atoms with Gasteiger partial charge in [-0.1, -0.05) is 0 Å². The number of carbonyl (C=O) groups is 1. The molecule has 0 aliphatic heterocycles. The Morgan fingerprint density at radius 2 is 1.90 bits per heavy atom. The van der Waals surface area contributed by atoms with Crippen LogP contribution in [0.4, 0.5) is 5.69 Å². The number of carbonyl (C=O) groups excluding carboxylic acids is 1. The molecule has 0 spiro atoms. The van der Waals surface area contributed by atoms with E-state index < -0.39 is 15.9 Å². The third-order valence-corrected chi connectivity index (χ3v) is 4.39. The minimum atomic E-state index is -3.71. The van der Waals surface area contributed by atoms with Crippen LogP contribution in [0.2, 0.25) is 0 Å². The molecule has 0 bridgehead atoms. The Morgan fingerprint density at radius 1 is 1.30 bits per heavy atom. The summed E-state index contributed by atoms with van der Waals surface area (Å²) >= 11 is 0. The number of primary amides is 1. The molecule has 7 nitrogen and oxygen atoms in total. The van der Waals surface area contributed by atoms with Crippen LogP contribution in [-0.2, 0) is 17.1 Å². The largest absolute Gasteiger partial charge is 0.366 e. The van der Waals surface area contributed by atoms with Crippen LogP contribution in [-0.4, -0.2) is 24.1 Å². The lowest BCUT2D eigenvalue weighted by Crippen LogP contribution is -2.14. The van der Waals surface area contributed by atoms with Gasteiger partial charge in [0.05, 0.1) is 11.9 Å². The van der Waals surface area contributed by atoms with Crippen molar-refractivity contribution >= 4 is 21.6 Å². The number of nitrogens with zero attached hydrogens (tertiary/aromatic N) is 2. The van der Waals surface area contributed by atoms with E-state index in [1.807, 2.05) is 0 Å². The lowest BCUT2D eigenvalue weighted by atomic mass is 10.2. The molecule has 0 aliphatic rings. The second kappa shape index (κ2) is 4.97. The predicted molar refractivity (Wildman–Crippen MR) is 73.7 cm³/mol. The first-order chi connectivity index (χ1) is 9.31. The summed E-state index contributed by atoms with van der Waals surface area (Å²) in [5.41, 5.74) is 6.31. The summed E-state index contributed by atoms with van der Waals surface area (Å²) in [5.74, 6) is -0.567. The van der Waals surface area contributed by atoms with Crippen molar-refractivity contribution in [2.24, 2.45) is 12.8 Å². The monoisotopic (exact) mass is 294 g/mol. The van der Waals surface area contributed by atoms with Crippen LogP contribution in [0.3, 0.4) is 0 Å². The molecule has 0 unspecified atom stereocenters. The third kappa shape index (κ3) is 2.64. The van der Waals surface area contributed by atoms with Gasteiger partial charge in [0.1, 0.15) is 4.90 Å². The van der Waals surface area contributed by atoms with Gasteiger partial charge in [-0.05, 0) is 31.2 Å². The predicted octanol–water partition coefficient (Wildman–Crippen LogP) is 0.628. The SMILES string of the molecule is Cc1c(S(=O)(=O)Nc2ccc(C(N)=O)cc2)cnn1C. The average molecular weight is 294 g/mol. The number of anilines is 1. The van der Waals surface area contributed by atoms with Crippen molar-refractivity contribution in [3.63, 3.8) is 0 Å². The maximum atomic E-state index is 12.2. The highest BCUT2D eigenvalue weighted by Gasteiger charge is 2.20. The van der Waals surface area contributed by atoms with Crippen molar-refractivity contribution in [1.29, 1.82) is 0 Å². The van der Waals surface area contributed by atoms with E-state index in [9.17, 15) is 13.2 Å². The summed E-state index contributed by atoms with van der Waals surface area (Å²) < 4.78 is 28.3. The third-order valence-electron chi connectivity index (χ3n) is 2.90. The molecule has 3 N–H and O–H groups in total. The van der Waals surface area contributed by atoms with Crippen LogP contribution < -0.4 is 10.5 Å². The summed E-state index contributed by atoms with van der Waals surface area (Å²) in [5, 5.41) is 3.90. The topological polar surface area (TPSA) is 107 Å². The molecule has 0 radical (unpaired) electrons. The second-order valence-electron chi connectivity index (χ2n) is 4.26. The second-order valence-corrected chi connectivity index (χ2v) is 5.92. The molecule has 106 valence electrons. The zero-order valence-corrected chi connectivity index (χ0v) is 11.8. The zero-order valence-electron chi connectivity index (χ0n) is 11.0. The molecule has 0 fully saturated rings. The zero-order chi connectivity index (χ0) is 14.9. The molecule has 1 amide bonds. The highest BCUT2D eigenvalue weighted by atomic mass is 32.2. The summed E-state index contributed by atoms with van der Waals surface area (Å²) in [7, 11) is -2.04. The van der Waals surface area contributed by atoms with Crippen molar-refractivity contribution in [2.45, 2.75) is 11.8 Å². The van der Waals surface area contributed by atoms with E-state index in [4.69, 9.17) is 5.73 Å². The van der Waals surface area contributed by atoms with E-state index in [0.29, 0.717) is 16.9 Å². The summed E-state index contributed by atoms with van der Waals surface area (Å²) in [6.07, 6.45) is 1.29. The number of benzene rings is 1. The summed E-state index contributed by atoms with van der Waals surface area (Å²) in [4.78, 5) is 11.0. The molecule has 20 heavy (non-hydrogen) atoms. The number of hydrogen-bond donors (Lipinski definition) is 2. The van der Waals surface area contributed by atoms with Crippen molar-refractivity contribution in [1.82, 2.24) is 9.78 Å². The molecule has 1 aromatic carbocycles. The highest BCUT2D eigenvalue weighted by Crippen LogP contribution is 2.18. The maximum Gasteiger partial charge on any atom is 0.265 e. The van der Waals surface area contributed by atoms with Crippen LogP contribution >= 0.6 is 0 Å². The van der Waals surface area contributed by atoms with Gasteiger partial charge in [0.2, 0.25) is 5.91 Å². The number of nitrogens with two attached hydrogens (primary N) is 1. The van der Waals surface area contributed by atoms with Crippen molar-refractivity contribution in [3.05, 3.63) is 41.7 Å². The molecule has 0 saturated carbocycles. The van der Waals surface area contributed by atoms with E-state index in [-0.39, 0.29) is 4.90 Å². The minimum absolute atomic E-state index is 0.110. The van der Waals surface area contributed by atoms with Crippen LogP contribution in [0, 0.1) is 6.92 Å². The van der Waals surface area contributed by atoms with Gasteiger partial charge >= 0.3 is 0 Å². The average Bonchev–Trinajstić information content (AvgIpc) is 2.71. The van der Waals surface area contributed by atoms with Gasteiger partial charge < -0.3 is 5.73 Å². The van der Waals surface area contributed by atoms with E-state index >= 15 is 0 Å². The number of nitrogens with one attached hydrogen (secondary N) is 1. The lowest BCUT2D eigenvalue weighted by Gasteiger charge is -2.07. The van der Waals surface area contributed by atoms with Gasteiger partial charge in [0.25, 0.3) is 10.0 Å². The molecule has 0 atom stereocenters. The number of hydrogen-bond acceptors (Lipinski definition) is 4. The first-order valence-corrected chi connectivity index (χ1v) is 7.21. The van der Waals surface area contributed by atoms with E-state index in [0.717, 1.165) is 0 Å². The Balaban J connectivity index is 2.29. The molecule has 0 saturated heterocycles. The van der Waals surface area contributed by atoms with Gasteiger partial charge in [-0.15, -0.1) is 0 Å². The smallest absolute Gasteiger partial charge is 0.265 e.